The molecule has 2 N–H and O–H groups in total. The zero-order valence-electron chi connectivity index (χ0n) is 17.9. The first-order valence-electron chi connectivity index (χ1n) is 10.5. The van der Waals surface area contributed by atoms with Crippen LogP contribution in [-0.4, -0.2) is 31.5 Å². The third-order valence-corrected chi connectivity index (χ3v) is 6.25. The van der Waals surface area contributed by atoms with Gasteiger partial charge in [0, 0.05) is 39.6 Å². The number of aromatic amines is 1. The van der Waals surface area contributed by atoms with Gasteiger partial charge in [0.15, 0.2) is 0 Å². The molecule has 0 bridgehead atoms. The first-order valence-corrected chi connectivity index (χ1v) is 11.3. The summed E-state index contributed by atoms with van der Waals surface area (Å²) in [7, 11) is 0. The Balaban J connectivity index is 1.55. The molecule has 0 aliphatic rings. The SMILES string of the molecule is Cc1cc(-c2n[nH]c3ccc(-c4ccn([C@H](CO)c5cccc(Br)c5)c(=O)c4)cc23)ccn1. The maximum Gasteiger partial charge on any atom is 0.251 e. The zero-order chi connectivity index (χ0) is 22.9. The van der Waals surface area contributed by atoms with Crippen LogP contribution >= 0.6 is 15.9 Å². The van der Waals surface area contributed by atoms with Crippen molar-refractivity contribution in [2.45, 2.75) is 13.0 Å². The molecule has 5 rings (SSSR count). The summed E-state index contributed by atoms with van der Waals surface area (Å²) in [6.45, 7) is 1.78. The van der Waals surface area contributed by atoms with E-state index in [1.807, 2.05) is 67.6 Å². The van der Waals surface area contributed by atoms with Crippen LogP contribution in [0.15, 0.2) is 88.4 Å². The molecular weight excluding hydrogens is 480 g/mol. The van der Waals surface area contributed by atoms with Gasteiger partial charge in [0.1, 0.15) is 5.69 Å². The molecule has 5 aromatic rings. The molecule has 2 aromatic carbocycles. The molecular formula is C26H21BrN4O2. The number of aryl methyl sites for hydroxylation is 1. The van der Waals surface area contributed by atoms with E-state index in [1.165, 1.54) is 0 Å². The number of halogens is 1. The number of aliphatic hydroxyl groups is 1. The highest BCUT2D eigenvalue weighted by molar-refractivity contribution is 9.10. The Morgan fingerprint density at radius 2 is 1.88 bits per heavy atom. The largest absolute Gasteiger partial charge is 0.394 e. The molecule has 0 fully saturated rings. The fraction of sp³-hybridized carbons (Fsp3) is 0.115. The van der Waals surface area contributed by atoms with Gasteiger partial charge >= 0.3 is 0 Å². The van der Waals surface area contributed by atoms with Crippen LogP contribution in [0.1, 0.15) is 17.3 Å². The second-order valence-electron chi connectivity index (χ2n) is 7.93. The second-order valence-corrected chi connectivity index (χ2v) is 8.85. The normalized spacial score (nSPS) is 12.2. The quantitative estimate of drug-likeness (QED) is 0.351. The molecule has 0 saturated carbocycles. The van der Waals surface area contributed by atoms with Crippen LogP contribution in [0.3, 0.4) is 0 Å². The van der Waals surface area contributed by atoms with Crippen molar-refractivity contribution in [3.63, 3.8) is 0 Å². The predicted molar refractivity (Wildman–Crippen MR) is 133 cm³/mol. The van der Waals surface area contributed by atoms with Crippen molar-refractivity contribution in [2.75, 3.05) is 6.61 Å². The summed E-state index contributed by atoms with van der Waals surface area (Å²) in [4.78, 5) is 17.3. The number of aliphatic hydroxyl groups excluding tert-OH is 1. The lowest BCUT2D eigenvalue weighted by atomic mass is 10.0. The van der Waals surface area contributed by atoms with Gasteiger partial charge in [-0.1, -0.05) is 34.1 Å². The van der Waals surface area contributed by atoms with Crippen molar-refractivity contribution in [2.24, 2.45) is 0 Å². The van der Waals surface area contributed by atoms with E-state index in [9.17, 15) is 9.90 Å². The minimum absolute atomic E-state index is 0.175. The Labute approximate surface area is 198 Å². The highest BCUT2D eigenvalue weighted by Crippen LogP contribution is 2.30. The van der Waals surface area contributed by atoms with Crippen molar-refractivity contribution in [3.05, 3.63) is 105 Å². The number of fused-ring (bicyclic) bond motifs is 1. The predicted octanol–water partition coefficient (Wildman–Crippen LogP) is 5.11. The maximum absolute atomic E-state index is 13.0. The highest BCUT2D eigenvalue weighted by Gasteiger charge is 2.16. The molecule has 0 saturated heterocycles. The number of benzene rings is 2. The molecule has 0 radical (unpaired) electrons. The lowest BCUT2D eigenvalue weighted by Gasteiger charge is -2.18. The molecule has 3 aromatic heterocycles. The summed E-state index contributed by atoms with van der Waals surface area (Å²) in [6, 6.07) is 20.6. The lowest BCUT2D eigenvalue weighted by molar-refractivity contribution is 0.247. The van der Waals surface area contributed by atoms with Crippen LogP contribution in [0.4, 0.5) is 0 Å². The molecule has 0 aliphatic carbocycles. The average molecular weight is 501 g/mol. The van der Waals surface area contributed by atoms with Gasteiger partial charge in [-0.2, -0.15) is 5.10 Å². The van der Waals surface area contributed by atoms with Gasteiger partial charge in [0.25, 0.3) is 5.56 Å². The van der Waals surface area contributed by atoms with Crippen molar-refractivity contribution in [3.8, 4) is 22.4 Å². The smallest absolute Gasteiger partial charge is 0.251 e. The van der Waals surface area contributed by atoms with Crippen molar-refractivity contribution >= 4 is 26.8 Å². The highest BCUT2D eigenvalue weighted by atomic mass is 79.9. The van der Waals surface area contributed by atoms with Gasteiger partial charge in [-0.25, -0.2) is 0 Å². The zero-order valence-corrected chi connectivity index (χ0v) is 19.5. The summed E-state index contributed by atoms with van der Waals surface area (Å²) in [5, 5.41) is 18.6. The Morgan fingerprint density at radius 1 is 1.03 bits per heavy atom. The second kappa shape index (κ2) is 8.77. The van der Waals surface area contributed by atoms with E-state index in [-0.39, 0.29) is 12.2 Å². The van der Waals surface area contributed by atoms with E-state index < -0.39 is 6.04 Å². The summed E-state index contributed by atoms with van der Waals surface area (Å²) >= 11 is 3.46. The molecule has 164 valence electrons. The Hall–Kier alpha value is -3.55. The number of aromatic nitrogens is 4. The van der Waals surface area contributed by atoms with Crippen LogP contribution in [0.25, 0.3) is 33.3 Å². The monoisotopic (exact) mass is 500 g/mol. The Kier molecular flexibility index (Phi) is 5.66. The molecule has 0 aliphatic heterocycles. The summed E-state index contributed by atoms with van der Waals surface area (Å²) < 4.78 is 2.46. The molecule has 33 heavy (non-hydrogen) atoms. The van der Waals surface area contributed by atoms with Crippen molar-refractivity contribution in [1.29, 1.82) is 0 Å². The van der Waals surface area contributed by atoms with Crippen LogP contribution in [0, 0.1) is 6.92 Å². The third kappa shape index (κ3) is 4.13. The minimum atomic E-state index is -0.457. The van der Waals surface area contributed by atoms with Crippen LogP contribution < -0.4 is 5.56 Å². The number of pyridine rings is 2. The number of rotatable bonds is 5. The summed E-state index contributed by atoms with van der Waals surface area (Å²) in [6.07, 6.45) is 3.52. The average Bonchev–Trinajstić information content (AvgIpc) is 3.24. The van der Waals surface area contributed by atoms with E-state index in [0.29, 0.717) is 0 Å². The summed E-state index contributed by atoms with van der Waals surface area (Å²) in [5.41, 5.74) is 6.09. The molecule has 1 atom stereocenters. The van der Waals surface area contributed by atoms with E-state index in [0.717, 1.165) is 49.0 Å². The van der Waals surface area contributed by atoms with Gasteiger partial charge in [0.2, 0.25) is 0 Å². The van der Waals surface area contributed by atoms with Crippen LogP contribution in [0.2, 0.25) is 0 Å². The third-order valence-electron chi connectivity index (χ3n) is 5.76. The number of hydrogen-bond donors (Lipinski definition) is 2. The molecule has 6 nitrogen and oxygen atoms in total. The van der Waals surface area contributed by atoms with E-state index in [1.54, 1.807) is 23.0 Å². The van der Waals surface area contributed by atoms with Crippen LogP contribution in [0.5, 0.6) is 0 Å². The first-order chi connectivity index (χ1) is 16.0. The van der Waals surface area contributed by atoms with Gasteiger partial charge in [-0.05, 0) is 66.1 Å². The summed E-state index contributed by atoms with van der Waals surface area (Å²) in [5.74, 6) is 0. The lowest BCUT2D eigenvalue weighted by Crippen LogP contribution is -2.26. The minimum Gasteiger partial charge on any atom is -0.394 e. The first kappa shape index (κ1) is 21.3. The van der Waals surface area contributed by atoms with E-state index in [4.69, 9.17) is 0 Å². The number of H-pyrrole nitrogens is 1. The topological polar surface area (TPSA) is 83.8 Å². The molecule has 7 heteroatoms. The van der Waals surface area contributed by atoms with Gasteiger partial charge in [-0.15, -0.1) is 0 Å². The van der Waals surface area contributed by atoms with Gasteiger partial charge < -0.3 is 9.67 Å². The fourth-order valence-electron chi connectivity index (χ4n) is 4.10. The number of hydrogen-bond acceptors (Lipinski definition) is 4. The molecule has 0 unspecified atom stereocenters. The van der Waals surface area contributed by atoms with E-state index >= 15 is 0 Å². The van der Waals surface area contributed by atoms with Crippen molar-refractivity contribution in [1.82, 2.24) is 19.7 Å². The molecule has 0 spiro atoms. The molecule has 0 amide bonds. The van der Waals surface area contributed by atoms with E-state index in [2.05, 4.69) is 31.1 Å². The molecule has 3 heterocycles. The maximum atomic E-state index is 13.0. The van der Waals surface area contributed by atoms with Crippen LogP contribution in [-0.2, 0) is 0 Å². The fourth-order valence-corrected chi connectivity index (χ4v) is 4.52. The van der Waals surface area contributed by atoms with Gasteiger partial charge in [-0.3, -0.25) is 14.9 Å². The Morgan fingerprint density at radius 3 is 2.64 bits per heavy atom. The standard InChI is InChI=1S/C26H21BrN4O2/c1-16-11-20(7-9-28-16)26-22-13-17(5-6-23(22)29-30-26)18-8-10-31(25(33)14-18)24(15-32)19-3-2-4-21(27)12-19/h2-14,24,32H,15H2,1H3,(H,29,30)/t24-/m1/s1. The Bertz CT molecular complexity index is 1520. The number of nitrogens with one attached hydrogen (secondary N) is 1. The van der Waals surface area contributed by atoms with Gasteiger partial charge in [0.05, 0.1) is 18.2 Å². The van der Waals surface area contributed by atoms with Crippen molar-refractivity contribution < 1.29 is 5.11 Å². The number of nitrogens with zero attached hydrogens (tertiary/aromatic N) is 3.